The van der Waals surface area contributed by atoms with Gasteiger partial charge in [0.25, 0.3) is 0 Å². The van der Waals surface area contributed by atoms with E-state index >= 15 is 0 Å². The third-order valence-electron chi connectivity index (χ3n) is 3.89. The maximum Gasteiger partial charge on any atom is 0.416 e. The Labute approximate surface area is 146 Å². The van der Waals surface area contributed by atoms with Crippen molar-refractivity contribution >= 4 is 0 Å². The molecule has 6 heteroatoms. The predicted octanol–water partition coefficient (Wildman–Crippen LogP) is 5.86. The van der Waals surface area contributed by atoms with Gasteiger partial charge in [-0.15, -0.1) is 12.8 Å². The molecule has 0 heterocycles. The van der Waals surface area contributed by atoms with Crippen LogP contribution in [0.15, 0.2) is 48.5 Å². The van der Waals surface area contributed by atoms with E-state index in [0.717, 1.165) is 24.3 Å². The van der Waals surface area contributed by atoms with Gasteiger partial charge in [0.2, 0.25) is 0 Å². The van der Waals surface area contributed by atoms with Crippen LogP contribution in [-0.2, 0) is 12.4 Å². The lowest BCUT2D eigenvalue weighted by Crippen LogP contribution is -2.11. The summed E-state index contributed by atoms with van der Waals surface area (Å²) in [4.78, 5) is 0. The van der Waals surface area contributed by atoms with Crippen LogP contribution in [0.5, 0.6) is 0 Å². The summed E-state index contributed by atoms with van der Waals surface area (Å²) in [5, 5.41) is 0. The number of hydrogen-bond donors (Lipinski definition) is 0. The van der Waals surface area contributed by atoms with Crippen LogP contribution in [0.25, 0.3) is 0 Å². The Morgan fingerprint density at radius 1 is 0.577 bits per heavy atom. The van der Waals surface area contributed by atoms with Gasteiger partial charge < -0.3 is 0 Å². The van der Waals surface area contributed by atoms with Gasteiger partial charge in [-0.3, -0.25) is 0 Å². The first kappa shape index (κ1) is 19.5. The Morgan fingerprint density at radius 3 is 1.04 bits per heavy atom. The quantitative estimate of drug-likeness (QED) is 0.472. The zero-order valence-corrected chi connectivity index (χ0v) is 13.2. The molecule has 0 amide bonds. The lowest BCUT2D eigenvalue weighted by atomic mass is 9.82. The minimum absolute atomic E-state index is 0.378. The Kier molecular flexibility index (Phi) is 5.37. The van der Waals surface area contributed by atoms with Crippen LogP contribution in [-0.4, -0.2) is 0 Å². The summed E-state index contributed by atoms with van der Waals surface area (Å²) in [7, 11) is 0. The van der Waals surface area contributed by atoms with Crippen LogP contribution in [0, 0.1) is 24.7 Å². The van der Waals surface area contributed by atoms with Crippen molar-refractivity contribution in [3.63, 3.8) is 0 Å². The monoisotopic (exact) mass is 366 g/mol. The summed E-state index contributed by atoms with van der Waals surface area (Å²) < 4.78 is 76.0. The highest BCUT2D eigenvalue weighted by atomic mass is 19.4. The highest BCUT2D eigenvalue weighted by Gasteiger charge is 2.32. The molecular formula is C20H12F6. The van der Waals surface area contributed by atoms with Crippen molar-refractivity contribution in [3.05, 3.63) is 70.8 Å². The SMILES string of the molecule is C#C[C@@H](c1ccc(C(F)(F)F)cc1)[C@@H](C#C)c1ccc(C(F)(F)F)cc1. The molecule has 0 aliphatic rings. The van der Waals surface area contributed by atoms with Crippen molar-refractivity contribution < 1.29 is 26.3 Å². The molecule has 0 aliphatic heterocycles. The fraction of sp³-hybridized carbons (Fsp3) is 0.200. The van der Waals surface area contributed by atoms with Gasteiger partial charge in [0, 0.05) is 0 Å². The molecule has 0 unspecified atom stereocenters. The largest absolute Gasteiger partial charge is 0.416 e. The van der Waals surface area contributed by atoms with Crippen LogP contribution in [0.2, 0.25) is 0 Å². The maximum absolute atomic E-state index is 12.7. The van der Waals surface area contributed by atoms with Crippen molar-refractivity contribution in [1.29, 1.82) is 0 Å². The minimum Gasteiger partial charge on any atom is -0.166 e. The molecule has 2 aromatic carbocycles. The fourth-order valence-corrected chi connectivity index (χ4v) is 2.53. The average molecular weight is 366 g/mol. The second-order valence-electron chi connectivity index (χ2n) is 5.53. The van der Waals surface area contributed by atoms with Crippen molar-refractivity contribution in [2.45, 2.75) is 24.2 Å². The molecule has 0 radical (unpaired) electrons. The van der Waals surface area contributed by atoms with Gasteiger partial charge in [-0.1, -0.05) is 36.1 Å². The number of alkyl halides is 6. The Hall–Kier alpha value is -2.86. The first-order chi connectivity index (χ1) is 12.1. The summed E-state index contributed by atoms with van der Waals surface area (Å²) in [6, 6.07) is 8.45. The van der Waals surface area contributed by atoms with E-state index in [1.165, 1.54) is 24.3 Å². The lowest BCUT2D eigenvalue weighted by molar-refractivity contribution is -0.138. The summed E-state index contributed by atoms with van der Waals surface area (Å²) in [5.74, 6) is 3.29. The van der Waals surface area contributed by atoms with Crippen molar-refractivity contribution in [2.75, 3.05) is 0 Å². The average Bonchev–Trinajstić information content (AvgIpc) is 2.58. The lowest BCUT2D eigenvalue weighted by Gasteiger charge is -2.20. The molecule has 2 rings (SSSR count). The smallest absolute Gasteiger partial charge is 0.166 e. The first-order valence-corrected chi connectivity index (χ1v) is 7.34. The molecular weight excluding hydrogens is 354 g/mol. The first-order valence-electron chi connectivity index (χ1n) is 7.34. The molecule has 0 aromatic heterocycles. The number of benzene rings is 2. The van der Waals surface area contributed by atoms with E-state index in [2.05, 4.69) is 11.8 Å². The molecule has 0 bridgehead atoms. The molecule has 0 aliphatic carbocycles. The summed E-state index contributed by atoms with van der Waals surface area (Å²) >= 11 is 0. The van der Waals surface area contributed by atoms with Crippen LogP contribution in [0.3, 0.4) is 0 Å². The van der Waals surface area contributed by atoms with Gasteiger partial charge in [0.15, 0.2) is 0 Å². The normalized spacial score (nSPS) is 14.2. The highest BCUT2D eigenvalue weighted by Crippen LogP contribution is 2.36. The van der Waals surface area contributed by atoms with Crippen molar-refractivity contribution in [1.82, 2.24) is 0 Å². The summed E-state index contributed by atoms with van der Waals surface area (Å²) in [6.45, 7) is 0. The molecule has 0 saturated heterocycles. The molecule has 134 valence electrons. The maximum atomic E-state index is 12.7. The van der Waals surface area contributed by atoms with Gasteiger partial charge in [0.05, 0.1) is 23.0 Å². The molecule has 2 atom stereocenters. The molecule has 0 N–H and O–H groups in total. The van der Waals surface area contributed by atoms with Crippen LogP contribution in [0.1, 0.15) is 34.1 Å². The van der Waals surface area contributed by atoms with Gasteiger partial charge in [-0.05, 0) is 35.4 Å². The van der Waals surface area contributed by atoms with Gasteiger partial charge >= 0.3 is 12.4 Å². The third kappa shape index (κ3) is 4.21. The van der Waals surface area contributed by atoms with Crippen LogP contribution >= 0.6 is 0 Å². The Balaban J connectivity index is 2.35. The van der Waals surface area contributed by atoms with Crippen molar-refractivity contribution in [2.24, 2.45) is 0 Å². The van der Waals surface area contributed by atoms with E-state index in [4.69, 9.17) is 12.8 Å². The van der Waals surface area contributed by atoms with E-state index < -0.39 is 35.3 Å². The topological polar surface area (TPSA) is 0 Å². The van der Waals surface area contributed by atoms with Gasteiger partial charge in [0.1, 0.15) is 0 Å². The van der Waals surface area contributed by atoms with Gasteiger partial charge in [-0.25, -0.2) is 0 Å². The molecule has 26 heavy (non-hydrogen) atoms. The number of rotatable bonds is 3. The minimum atomic E-state index is -4.48. The molecule has 0 spiro atoms. The van der Waals surface area contributed by atoms with E-state index in [0.29, 0.717) is 11.1 Å². The van der Waals surface area contributed by atoms with Gasteiger partial charge in [-0.2, -0.15) is 26.3 Å². The van der Waals surface area contributed by atoms with E-state index in [1.807, 2.05) is 0 Å². The van der Waals surface area contributed by atoms with E-state index in [9.17, 15) is 26.3 Å². The molecule has 0 fully saturated rings. The molecule has 0 nitrogen and oxygen atoms in total. The zero-order valence-electron chi connectivity index (χ0n) is 13.2. The standard InChI is InChI=1S/C20H12F6/c1-3-17(13-5-9-15(10-6-13)19(21,22)23)18(4-2)14-7-11-16(12-8-14)20(24,25)26/h1-2,5-12,17-18H/t17-,18-/m0/s1. The van der Waals surface area contributed by atoms with E-state index in [-0.39, 0.29) is 0 Å². The highest BCUT2D eigenvalue weighted by molar-refractivity contribution is 5.41. The Morgan fingerprint density at radius 2 is 0.846 bits per heavy atom. The van der Waals surface area contributed by atoms with Crippen molar-refractivity contribution in [3.8, 4) is 24.7 Å². The molecule has 0 saturated carbocycles. The van der Waals surface area contributed by atoms with Crippen LogP contribution < -0.4 is 0 Å². The predicted molar refractivity (Wildman–Crippen MR) is 86.0 cm³/mol. The fourth-order valence-electron chi connectivity index (χ4n) is 2.53. The van der Waals surface area contributed by atoms with Crippen LogP contribution in [0.4, 0.5) is 26.3 Å². The van der Waals surface area contributed by atoms with E-state index in [1.54, 1.807) is 0 Å². The number of terminal acetylenes is 2. The number of halogens is 6. The Bertz CT molecular complexity index is 753. The second-order valence-corrected chi connectivity index (χ2v) is 5.53. The zero-order chi connectivity index (χ0) is 19.5. The third-order valence-corrected chi connectivity index (χ3v) is 3.89. The molecule has 2 aromatic rings. The summed E-state index contributed by atoms with van der Waals surface area (Å²) in [5.41, 5.74) is -0.903. The second kappa shape index (κ2) is 7.17. The summed E-state index contributed by atoms with van der Waals surface area (Å²) in [6.07, 6.45) is 2.02. The number of hydrogen-bond acceptors (Lipinski definition) is 0.